The summed E-state index contributed by atoms with van der Waals surface area (Å²) in [6.07, 6.45) is 0. The predicted molar refractivity (Wildman–Crippen MR) is 70.2 cm³/mol. The van der Waals surface area contributed by atoms with Gasteiger partial charge in [0.15, 0.2) is 0 Å². The molecule has 0 atom stereocenters. The molecule has 2 aromatic rings. The van der Waals surface area contributed by atoms with Gasteiger partial charge in [0, 0.05) is 0 Å². The summed E-state index contributed by atoms with van der Waals surface area (Å²) in [6.45, 7) is 3.91. The second kappa shape index (κ2) is 5.08. The molecule has 0 amide bonds. The highest BCUT2D eigenvalue weighted by molar-refractivity contribution is 5.84. The zero-order valence-corrected chi connectivity index (χ0v) is 10.5. The van der Waals surface area contributed by atoms with Crippen molar-refractivity contribution in [2.45, 2.75) is 20.5 Å². The number of rotatable bonds is 3. The van der Waals surface area contributed by atoms with E-state index in [1.54, 1.807) is 12.1 Å². The van der Waals surface area contributed by atoms with Crippen molar-refractivity contribution in [2.75, 3.05) is 0 Å². The predicted octanol–water partition coefficient (Wildman–Crippen LogP) is 3.24. The lowest BCUT2D eigenvalue weighted by Gasteiger charge is -2.08. The van der Waals surface area contributed by atoms with Crippen molar-refractivity contribution in [2.24, 2.45) is 5.92 Å². The summed E-state index contributed by atoms with van der Waals surface area (Å²) in [5.74, 6) is -0.0512. The summed E-state index contributed by atoms with van der Waals surface area (Å²) in [7, 11) is 0. The molecule has 2 aromatic carbocycles. The largest absolute Gasteiger partial charge is 0.508 e. The van der Waals surface area contributed by atoms with Crippen molar-refractivity contribution in [1.82, 2.24) is 0 Å². The van der Waals surface area contributed by atoms with E-state index in [2.05, 4.69) is 0 Å². The molecular weight excluding hydrogens is 228 g/mol. The molecule has 94 valence electrons. The Labute approximate surface area is 106 Å². The van der Waals surface area contributed by atoms with Crippen LogP contribution < -0.4 is 0 Å². The minimum atomic E-state index is -0.194. The van der Waals surface area contributed by atoms with Gasteiger partial charge in [0.05, 0.1) is 5.92 Å². The SMILES string of the molecule is CC(C)C(=O)OCc1ccc2cc(O)ccc2c1. The summed E-state index contributed by atoms with van der Waals surface area (Å²) in [6, 6.07) is 11.0. The van der Waals surface area contributed by atoms with Gasteiger partial charge in [0.25, 0.3) is 0 Å². The molecule has 0 spiro atoms. The Morgan fingerprint density at radius 3 is 2.56 bits per heavy atom. The second-order valence-electron chi connectivity index (χ2n) is 4.63. The molecule has 2 rings (SSSR count). The lowest BCUT2D eigenvalue weighted by atomic mass is 10.1. The molecule has 0 aliphatic heterocycles. The number of phenols is 1. The number of hydrogen-bond donors (Lipinski definition) is 1. The van der Waals surface area contributed by atoms with Gasteiger partial charge in [-0.2, -0.15) is 0 Å². The second-order valence-corrected chi connectivity index (χ2v) is 4.63. The quantitative estimate of drug-likeness (QED) is 0.843. The van der Waals surface area contributed by atoms with Crippen LogP contribution in [0.25, 0.3) is 10.8 Å². The van der Waals surface area contributed by atoms with E-state index in [9.17, 15) is 9.90 Å². The molecule has 18 heavy (non-hydrogen) atoms. The van der Waals surface area contributed by atoms with E-state index in [-0.39, 0.29) is 24.2 Å². The van der Waals surface area contributed by atoms with Crippen molar-refractivity contribution < 1.29 is 14.6 Å². The number of carbonyl (C=O) groups excluding carboxylic acids is 1. The van der Waals surface area contributed by atoms with Gasteiger partial charge in [0.2, 0.25) is 0 Å². The highest BCUT2D eigenvalue weighted by Gasteiger charge is 2.08. The number of hydrogen-bond acceptors (Lipinski definition) is 3. The van der Waals surface area contributed by atoms with Gasteiger partial charge in [-0.05, 0) is 34.5 Å². The van der Waals surface area contributed by atoms with E-state index in [0.29, 0.717) is 0 Å². The van der Waals surface area contributed by atoms with E-state index in [1.807, 2.05) is 38.1 Å². The van der Waals surface area contributed by atoms with Crippen molar-refractivity contribution in [3.8, 4) is 5.75 Å². The van der Waals surface area contributed by atoms with Gasteiger partial charge in [-0.3, -0.25) is 4.79 Å². The number of carbonyl (C=O) groups is 1. The van der Waals surface area contributed by atoms with E-state index >= 15 is 0 Å². The van der Waals surface area contributed by atoms with Crippen LogP contribution in [0, 0.1) is 5.92 Å². The molecule has 3 heteroatoms. The molecule has 0 bridgehead atoms. The normalized spacial score (nSPS) is 10.8. The molecule has 0 aromatic heterocycles. The maximum Gasteiger partial charge on any atom is 0.308 e. The third-order valence-electron chi connectivity index (χ3n) is 2.74. The molecule has 0 saturated heterocycles. The number of phenolic OH excluding ortho intramolecular Hbond substituents is 1. The highest BCUT2D eigenvalue weighted by Crippen LogP contribution is 2.21. The Kier molecular flexibility index (Phi) is 3.51. The summed E-state index contributed by atoms with van der Waals surface area (Å²) < 4.78 is 5.17. The zero-order chi connectivity index (χ0) is 13.1. The maximum absolute atomic E-state index is 11.4. The summed E-state index contributed by atoms with van der Waals surface area (Å²) in [5.41, 5.74) is 0.946. The zero-order valence-electron chi connectivity index (χ0n) is 10.5. The Morgan fingerprint density at radius 1 is 1.17 bits per heavy atom. The van der Waals surface area contributed by atoms with E-state index in [4.69, 9.17) is 4.74 Å². The number of fused-ring (bicyclic) bond motifs is 1. The average Bonchev–Trinajstić information content (AvgIpc) is 2.35. The molecule has 0 unspecified atom stereocenters. The number of aromatic hydroxyl groups is 1. The molecule has 0 heterocycles. The van der Waals surface area contributed by atoms with E-state index < -0.39 is 0 Å². The topological polar surface area (TPSA) is 46.5 Å². The van der Waals surface area contributed by atoms with Crippen LogP contribution in [0.4, 0.5) is 0 Å². The Bertz CT molecular complexity index is 573. The first-order valence-electron chi connectivity index (χ1n) is 5.94. The minimum absolute atomic E-state index is 0.109. The van der Waals surface area contributed by atoms with Crippen molar-refractivity contribution in [3.63, 3.8) is 0 Å². The molecule has 0 fully saturated rings. The van der Waals surface area contributed by atoms with Gasteiger partial charge in [-0.25, -0.2) is 0 Å². The lowest BCUT2D eigenvalue weighted by Crippen LogP contribution is -2.11. The van der Waals surface area contributed by atoms with Gasteiger partial charge < -0.3 is 9.84 Å². The first kappa shape index (κ1) is 12.4. The highest BCUT2D eigenvalue weighted by atomic mass is 16.5. The summed E-state index contributed by atoms with van der Waals surface area (Å²) in [5, 5.41) is 11.4. The number of esters is 1. The minimum Gasteiger partial charge on any atom is -0.508 e. The van der Waals surface area contributed by atoms with E-state index in [1.165, 1.54) is 0 Å². The standard InChI is InChI=1S/C15H16O3/c1-10(2)15(17)18-9-11-3-4-13-8-14(16)6-5-12(13)7-11/h3-8,10,16H,9H2,1-2H3. The van der Waals surface area contributed by atoms with Crippen LogP contribution in [0.2, 0.25) is 0 Å². The Balaban J connectivity index is 2.15. The van der Waals surface area contributed by atoms with Crippen LogP contribution >= 0.6 is 0 Å². The molecular formula is C15H16O3. The molecule has 3 nitrogen and oxygen atoms in total. The molecule has 0 aliphatic rings. The van der Waals surface area contributed by atoms with Gasteiger partial charge in [0.1, 0.15) is 12.4 Å². The monoisotopic (exact) mass is 244 g/mol. The Hall–Kier alpha value is -2.03. The molecule has 1 N–H and O–H groups in total. The van der Waals surface area contributed by atoms with Gasteiger partial charge in [-0.1, -0.05) is 32.0 Å². The average molecular weight is 244 g/mol. The lowest BCUT2D eigenvalue weighted by molar-refractivity contribution is -0.148. The summed E-state index contributed by atoms with van der Waals surface area (Å²) in [4.78, 5) is 11.4. The van der Waals surface area contributed by atoms with Gasteiger partial charge >= 0.3 is 5.97 Å². The summed E-state index contributed by atoms with van der Waals surface area (Å²) >= 11 is 0. The first-order valence-corrected chi connectivity index (χ1v) is 5.94. The van der Waals surface area contributed by atoms with Crippen LogP contribution in [-0.2, 0) is 16.1 Å². The van der Waals surface area contributed by atoms with Crippen LogP contribution in [0.15, 0.2) is 36.4 Å². The number of ether oxygens (including phenoxy) is 1. The Morgan fingerprint density at radius 2 is 1.83 bits per heavy atom. The molecule has 0 aliphatic carbocycles. The van der Waals surface area contributed by atoms with Gasteiger partial charge in [-0.15, -0.1) is 0 Å². The van der Waals surface area contributed by atoms with Crippen molar-refractivity contribution in [3.05, 3.63) is 42.0 Å². The fourth-order valence-electron chi connectivity index (χ4n) is 1.69. The smallest absolute Gasteiger partial charge is 0.308 e. The van der Waals surface area contributed by atoms with Crippen LogP contribution in [0.5, 0.6) is 5.75 Å². The van der Waals surface area contributed by atoms with Crippen LogP contribution in [-0.4, -0.2) is 11.1 Å². The maximum atomic E-state index is 11.4. The molecule has 0 saturated carbocycles. The first-order chi connectivity index (χ1) is 8.56. The third-order valence-corrected chi connectivity index (χ3v) is 2.74. The van der Waals surface area contributed by atoms with E-state index in [0.717, 1.165) is 16.3 Å². The fraction of sp³-hybridized carbons (Fsp3) is 0.267. The van der Waals surface area contributed by atoms with Crippen molar-refractivity contribution >= 4 is 16.7 Å². The third kappa shape index (κ3) is 2.80. The van der Waals surface area contributed by atoms with Crippen molar-refractivity contribution in [1.29, 1.82) is 0 Å². The van der Waals surface area contributed by atoms with Crippen LogP contribution in [0.1, 0.15) is 19.4 Å². The molecule has 0 radical (unpaired) electrons. The number of benzene rings is 2. The van der Waals surface area contributed by atoms with Crippen LogP contribution in [0.3, 0.4) is 0 Å². The fourth-order valence-corrected chi connectivity index (χ4v) is 1.69.